The highest BCUT2D eigenvalue weighted by atomic mass is 16.6. The van der Waals surface area contributed by atoms with E-state index >= 15 is 0 Å². The van der Waals surface area contributed by atoms with Crippen LogP contribution in [0.3, 0.4) is 0 Å². The van der Waals surface area contributed by atoms with Gasteiger partial charge in [0.2, 0.25) is 0 Å². The van der Waals surface area contributed by atoms with Crippen molar-refractivity contribution in [3.63, 3.8) is 0 Å². The number of para-hydroxylation sites is 1. The quantitative estimate of drug-likeness (QED) is 0.587. The predicted octanol–water partition coefficient (Wildman–Crippen LogP) is 2.65. The molecule has 1 rings (SSSR count). The molecule has 0 aliphatic rings. The lowest BCUT2D eigenvalue weighted by atomic mass is 9.98. The van der Waals surface area contributed by atoms with E-state index in [0.717, 1.165) is 0 Å². The van der Waals surface area contributed by atoms with Gasteiger partial charge in [-0.05, 0) is 19.3 Å². The number of benzene rings is 1. The standard InChI is InChI=1S/C14H22N2O3/c1-10(2)13(8-9-17)15-11(3)12-6-4-5-7-14(12)16(18)19/h4-7,10-11,13,15,17H,8-9H2,1-3H3. The first-order chi connectivity index (χ1) is 8.97. The van der Waals surface area contributed by atoms with Crippen LogP contribution in [0.25, 0.3) is 0 Å². The number of nitro benzene ring substituents is 1. The Morgan fingerprint density at radius 1 is 1.32 bits per heavy atom. The molecule has 1 aromatic carbocycles. The number of aliphatic hydroxyl groups excluding tert-OH is 1. The summed E-state index contributed by atoms with van der Waals surface area (Å²) in [6.45, 7) is 6.16. The van der Waals surface area contributed by atoms with Gasteiger partial charge in [0, 0.05) is 30.3 Å². The molecule has 1 aromatic rings. The van der Waals surface area contributed by atoms with Gasteiger partial charge in [-0.15, -0.1) is 0 Å². The first-order valence-electron chi connectivity index (χ1n) is 6.57. The van der Waals surface area contributed by atoms with E-state index in [1.165, 1.54) is 6.07 Å². The molecule has 2 unspecified atom stereocenters. The molecule has 0 saturated carbocycles. The fourth-order valence-corrected chi connectivity index (χ4v) is 2.18. The molecule has 2 atom stereocenters. The van der Waals surface area contributed by atoms with Crippen molar-refractivity contribution in [2.75, 3.05) is 6.61 Å². The van der Waals surface area contributed by atoms with Gasteiger partial charge in [-0.3, -0.25) is 10.1 Å². The summed E-state index contributed by atoms with van der Waals surface area (Å²) in [5.41, 5.74) is 0.810. The van der Waals surface area contributed by atoms with E-state index in [0.29, 0.717) is 17.9 Å². The smallest absolute Gasteiger partial charge is 0.274 e. The lowest BCUT2D eigenvalue weighted by molar-refractivity contribution is -0.385. The second-order valence-electron chi connectivity index (χ2n) is 5.07. The van der Waals surface area contributed by atoms with Gasteiger partial charge in [0.15, 0.2) is 0 Å². The van der Waals surface area contributed by atoms with Crippen LogP contribution < -0.4 is 5.32 Å². The van der Waals surface area contributed by atoms with Crippen molar-refractivity contribution in [3.8, 4) is 0 Å². The summed E-state index contributed by atoms with van der Waals surface area (Å²) in [6.07, 6.45) is 0.642. The van der Waals surface area contributed by atoms with E-state index in [1.807, 2.05) is 6.92 Å². The summed E-state index contributed by atoms with van der Waals surface area (Å²) < 4.78 is 0. The van der Waals surface area contributed by atoms with Gasteiger partial charge in [0.25, 0.3) is 5.69 Å². The highest BCUT2D eigenvalue weighted by Crippen LogP contribution is 2.25. The molecule has 0 amide bonds. The molecule has 0 radical (unpaired) electrons. The van der Waals surface area contributed by atoms with E-state index in [4.69, 9.17) is 5.11 Å². The molecule has 106 valence electrons. The maximum absolute atomic E-state index is 11.0. The van der Waals surface area contributed by atoms with E-state index in [-0.39, 0.29) is 29.3 Å². The average Bonchev–Trinajstić information content (AvgIpc) is 2.37. The molecule has 19 heavy (non-hydrogen) atoms. The molecule has 0 saturated heterocycles. The van der Waals surface area contributed by atoms with Crippen LogP contribution >= 0.6 is 0 Å². The Morgan fingerprint density at radius 3 is 2.47 bits per heavy atom. The third-order valence-electron chi connectivity index (χ3n) is 3.31. The van der Waals surface area contributed by atoms with Crippen molar-refractivity contribution in [2.45, 2.75) is 39.3 Å². The number of hydrogen-bond donors (Lipinski definition) is 2. The Bertz CT molecular complexity index is 421. The Balaban J connectivity index is 2.88. The molecule has 0 aromatic heterocycles. The molecular weight excluding hydrogens is 244 g/mol. The van der Waals surface area contributed by atoms with Crippen LogP contribution in [0.5, 0.6) is 0 Å². The van der Waals surface area contributed by atoms with Crippen molar-refractivity contribution >= 4 is 5.69 Å². The Labute approximate surface area is 113 Å². The number of hydrogen-bond acceptors (Lipinski definition) is 4. The lowest BCUT2D eigenvalue weighted by Crippen LogP contribution is -2.36. The zero-order chi connectivity index (χ0) is 14.4. The van der Waals surface area contributed by atoms with E-state index < -0.39 is 0 Å². The Hall–Kier alpha value is -1.46. The first-order valence-corrected chi connectivity index (χ1v) is 6.57. The average molecular weight is 266 g/mol. The largest absolute Gasteiger partial charge is 0.396 e. The maximum Gasteiger partial charge on any atom is 0.274 e. The maximum atomic E-state index is 11.0. The second kappa shape index (κ2) is 7.21. The van der Waals surface area contributed by atoms with Crippen LogP contribution in [-0.2, 0) is 0 Å². The van der Waals surface area contributed by atoms with Crippen LogP contribution in [0, 0.1) is 16.0 Å². The van der Waals surface area contributed by atoms with E-state index in [1.54, 1.807) is 18.2 Å². The van der Waals surface area contributed by atoms with Crippen molar-refractivity contribution in [2.24, 2.45) is 5.92 Å². The summed E-state index contributed by atoms with van der Waals surface area (Å²) in [6, 6.07) is 6.77. The summed E-state index contributed by atoms with van der Waals surface area (Å²) in [5, 5.41) is 23.4. The molecule has 2 N–H and O–H groups in total. The molecule has 5 heteroatoms. The minimum absolute atomic E-state index is 0.111. The molecular formula is C14H22N2O3. The van der Waals surface area contributed by atoms with Crippen LogP contribution in [0.1, 0.15) is 38.8 Å². The number of aliphatic hydroxyl groups is 1. The topological polar surface area (TPSA) is 75.4 Å². The number of nitro groups is 1. The van der Waals surface area contributed by atoms with Crippen molar-refractivity contribution in [3.05, 3.63) is 39.9 Å². The number of nitrogens with zero attached hydrogens (tertiary/aromatic N) is 1. The summed E-state index contributed by atoms with van der Waals surface area (Å²) in [5.74, 6) is 0.359. The van der Waals surface area contributed by atoms with Crippen molar-refractivity contribution in [1.29, 1.82) is 0 Å². The van der Waals surface area contributed by atoms with Gasteiger partial charge in [-0.1, -0.05) is 32.0 Å². The third kappa shape index (κ3) is 4.29. The monoisotopic (exact) mass is 266 g/mol. The number of rotatable bonds is 7. The van der Waals surface area contributed by atoms with Crippen LogP contribution in [0.15, 0.2) is 24.3 Å². The van der Waals surface area contributed by atoms with Crippen LogP contribution in [0.2, 0.25) is 0 Å². The third-order valence-corrected chi connectivity index (χ3v) is 3.31. The van der Waals surface area contributed by atoms with E-state index in [2.05, 4.69) is 19.2 Å². The minimum atomic E-state index is -0.357. The highest BCUT2D eigenvalue weighted by molar-refractivity contribution is 5.41. The summed E-state index contributed by atoms with van der Waals surface area (Å²) in [4.78, 5) is 10.7. The SMILES string of the molecule is CC(NC(CCO)C(C)C)c1ccccc1[N+](=O)[O-]. The molecule has 5 nitrogen and oxygen atoms in total. The minimum Gasteiger partial charge on any atom is -0.396 e. The van der Waals surface area contributed by atoms with Gasteiger partial charge in [0.1, 0.15) is 0 Å². The van der Waals surface area contributed by atoms with Gasteiger partial charge in [0.05, 0.1) is 4.92 Å². The fraction of sp³-hybridized carbons (Fsp3) is 0.571. The Morgan fingerprint density at radius 2 is 1.95 bits per heavy atom. The Kier molecular flexibility index (Phi) is 5.92. The number of nitrogens with one attached hydrogen (secondary N) is 1. The van der Waals surface area contributed by atoms with Gasteiger partial charge in [-0.2, -0.15) is 0 Å². The van der Waals surface area contributed by atoms with Crippen LogP contribution in [0.4, 0.5) is 5.69 Å². The van der Waals surface area contributed by atoms with Crippen molar-refractivity contribution < 1.29 is 10.0 Å². The lowest BCUT2D eigenvalue weighted by Gasteiger charge is -2.26. The second-order valence-corrected chi connectivity index (χ2v) is 5.07. The fourth-order valence-electron chi connectivity index (χ4n) is 2.18. The normalized spacial score (nSPS) is 14.4. The van der Waals surface area contributed by atoms with Crippen LogP contribution in [-0.4, -0.2) is 22.7 Å². The van der Waals surface area contributed by atoms with Gasteiger partial charge >= 0.3 is 0 Å². The molecule has 0 heterocycles. The zero-order valence-electron chi connectivity index (χ0n) is 11.7. The molecule has 0 bridgehead atoms. The highest BCUT2D eigenvalue weighted by Gasteiger charge is 2.21. The molecule has 0 fully saturated rings. The molecule has 0 aliphatic carbocycles. The molecule has 0 aliphatic heterocycles. The first kappa shape index (κ1) is 15.6. The summed E-state index contributed by atoms with van der Waals surface area (Å²) in [7, 11) is 0. The van der Waals surface area contributed by atoms with Gasteiger partial charge < -0.3 is 10.4 Å². The summed E-state index contributed by atoms with van der Waals surface area (Å²) >= 11 is 0. The zero-order valence-corrected chi connectivity index (χ0v) is 11.7. The predicted molar refractivity (Wildman–Crippen MR) is 75.0 cm³/mol. The van der Waals surface area contributed by atoms with Crippen molar-refractivity contribution in [1.82, 2.24) is 5.32 Å². The van der Waals surface area contributed by atoms with E-state index in [9.17, 15) is 10.1 Å². The van der Waals surface area contributed by atoms with Gasteiger partial charge in [-0.25, -0.2) is 0 Å². The molecule has 0 spiro atoms.